The Morgan fingerprint density at radius 1 is 1.15 bits per heavy atom. The number of halogens is 2. The summed E-state index contributed by atoms with van der Waals surface area (Å²) >= 11 is 5.72. The predicted octanol–water partition coefficient (Wildman–Crippen LogP) is 4.21. The second-order valence-corrected chi connectivity index (χ2v) is 6.57. The molecule has 2 aromatic carbocycles. The van der Waals surface area contributed by atoms with Crippen molar-refractivity contribution in [3.8, 4) is 11.3 Å². The molecule has 3 aromatic rings. The van der Waals surface area contributed by atoms with Crippen molar-refractivity contribution in [1.29, 1.82) is 0 Å². The predicted molar refractivity (Wildman–Crippen MR) is 103 cm³/mol. The van der Waals surface area contributed by atoms with Gasteiger partial charge in [0.2, 0.25) is 5.91 Å². The lowest BCUT2D eigenvalue weighted by Gasteiger charge is -2.15. The van der Waals surface area contributed by atoms with E-state index in [4.69, 9.17) is 11.6 Å². The fourth-order valence-electron chi connectivity index (χ4n) is 2.51. The SMILES string of the molecule is Cc1ccc(-c2ccc(=O)n(C(C)C(=O)Nc3ccc(F)c(Cl)c3)n2)cc1. The van der Waals surface area contributed by atoms with Crippen LogP contribution in [0.3, 0.4) is 0 Å². The van der Waals surface area contributed by atoms with Crippen LogP contribution in [0.4, 0.5) is 10.1 Å². The maximum atomic E-state index is 13.2. The highest BCUT2D eigenvalue weighted by Gasteiger charge is 2.18. The van der Waals surface area contributed by atoms with Gasteiger partial charge >= 0.3 is 0 Å². The zero-order valence-electron chi connectivity index (χ0n) is 14.7. The van der Waals surface area contributed by atoms with Gasteiger partial charge < -0.3 is 5.32 Å². The van der Waals surface area contributed by atoms with Crippen LogP contribution < -0.4 is 10.9 Å². The third kappa shape index (κ3) is 4.23. The van der Waals surface area contributed by atoms with Crippen LogP contribution in [0.15, 0.2) is 59.4 Å². The Hall–Kier alpha value is -2.99. The third-order valence-electron chi connectivity index (χ3n) is 4.11. The fraction of sp³-hybridized carbons (Fsp3) is 0.150. The monoisotopic (exact) mass is 385 g/mol. The number of aryl methyl sites for hydroxylation is 1. The van der Waals surface area contributed by atoms with E-state index in [1.165, 1.54) is 18.2 Å². The molecule has 7 heteroatoms. The summed E-state index contributed by atoms with van der Waals surface area (Å²) < 4.78 is 14.4. The van der Waals surface area contributed by atoms with Gasteiger partial charge in [0.1, 0.15) is 11.9 Å². The number of carbonyl (C=O) groups is 1. The molecular formula is C20H17ClFN3O2. The Balaban J connectivity index is 1.86. The van der Waals surface area contributed by atoms with Gasteiger partial charge in [-0.15, -0.1) is 0 Å². The van der Waals surface area contributed by atoms with Gasteiger partial charge in [0.25, 0.3) is 5.56 Å². The average molecular weight is 386 g/mol. The van der Waals surface area contributed by atoms with Gasteiger partial charge in [0.15, 0.2) is 0 Å². The van der Waals surface area contributed by atoms with E-state index in [1.807, 2.05) is 31.2 Å². The molecule has 138 valence electrons. The van der Waals surface area contributed by atoms with Crippen molar-refractivity contribution in [2.45, 2.75) is 19.9 Å². The highest BCUT2D eigenvalue weighted by atomic mass is 35.5. The van der Waals surface area contributed by atoms with E-state index in [9.17, 15) is 14.0 Å². The first-order valence-corrected chi connectivity index (χ1v) is 8.66. The van der Waals surface area contributed by atoms with Gasteiger partial charge in [0, 0.05) is 17.3 Å². The van der Waals surface area contributed by atoms with Gasteiger partial charge in [-0.3, -0.25) is 9.59 Å². The largest absolute Gasteiger partial charge is 0.324 e. The minimum Gasteiger partial charge on any atom is -0.324 e. The molecule has 3 rings (SSSR count). The molecule has 0 aliphatic rings. The van der Waals surface area contributed by atoms with Crippen molar-refractivity contribution < 1.29 is 9.18 Å². The zero-order valence-corrected chi connectivity index (χ0v) is 15.5. The fourth-order valence-corrected chi connectivity index (χ4v) is 2.69. The van der Waals surface area contributed by atoms with Gasteiger partial charge in [-0.1, -0.05) is 41.4 Å². The Bertz CT molecular complexity index is 1050. The molecule has 0 radical (unpaired) electrons. The Kier molecular flexibility index (Phi) is 5.37. The molecule has 1 heterocycles. The number of carbonyl (C=O) groups excluding carboxylic acids is 1. The third-order valence-corrected chi connectivity index (χ3v) is 4.40. The molecule has 0 fully saturated rings. The van der Waals surface area contributed by atoms with Crippen LogP contribution >= 0.6 is 11.6 Å². The number of nitrogens with one attached hydrogen (secondary N) is 1. The van der Waals surface area contributed by atoms with Crippen LogP contribution in [0.2, 0.25) is 5.02 Å². The molecule has 1 amide bonds. The smallest absolute Gasteiger partial charge is 0.267 e. The molecule has 1 unspecified atom stereocenters. The average Bonchev–Trinajstić information content (AvgIpc) is 2.65. The standard InChI is InChI=1S/C20H17ClFN3O2/c1-12-3-5-14(6-4-12)18-9-10-19(26)25(24-18)13(2)20(27)23-15-7-8-17(22)16(21)11-15/h3-11,13H,1-2H3,(H,23,27). The van der Waals surface area contributed by atoms with Crippen molar-refractivity contribution in [2.75, 3.05) is 5.32 Å². The summed E-state index contributed by atoms with van der Waals surface area (Å²) in [6.45, 7) is 3.54. The Morgan fingerprint density at radius 3 is 2.52 bits per heavy atom. The van der Waals surface area contributed by atoms with E-state index in [-0.39, 0.29) is 5.02 Å². The van der Waals surface area contributed by atoms with Crippen LogP contribution in [0.1, 0.15) is 18.5 Å². The van der Waals surface area contributed by atoms with Crippen molar-refractivity contribution >= 4 is 23.2 Å². The number of nitrogens with zero attached hydrogens (tertiary/aromatic N) is 2. The minimum absolute atomic E-state index is 0.0999. The number of hydrogen-bond acceptors (Lipinski definition) is 3. The van der Waals surface area contributed by atoms with E-state index < -0.39 is 23.3 Å². The lowest BCUT2D eigenvalue weighted by molar-refractivity contribution is -0.119. The second-order valence-electron chi connectivity index (χ2n) is 6.16. The van der Waals surface area contributed by atoms with Gasteiger partial charge in [-0.2, -0.15) is 5.10 Å². The van der Waals surface area contributed by atoms with Crippen LogP contribution in [0.25, 0.3) is 11.3 Å². The first-order valence-electron chi connectivity index (χ1n) is 8.28. The maximum absolute atomic E-state index is 13.2. The van der Waals surface area contributed by atoms with Gasteiger partial charge in [0.05, 0.1) is 10.7 Å². The molecular weight excluding hydrogens is 369 g/mol. The summed E-state index contributed by atoms with van der Waals surface area (Å²) in [4.78, 5) is 24.7. The molecule has 0 spiro atoms. The highest BCUT2D eigenvalue weighted by molar-refractivity contribution is 6.31. The number of amides is 1. The lowest BCUT2D eigenvalue weighted by Crippen LogP contribution is -2.33. The molecule has 5 nitrogen and oxygen atoms in total. The van der Waals surface area contributed by atoms with E-state index in [0.29, 0.717) is 11.4 Å². The highest BCUT2D eigenvalue weighted by Crippen LogP contribution is 2.21. The van der Waals surface area contributed by atoms with E-state index in [2.05, 4.69) is 10.4 Å². The van der Waals surface area contributed by atoms with Gasteiger partial charge in [-0.25, -0.2) is 9.07 Å². The van der Waals surface area contributed by atoms with Crippen LogP contribution in [0, 0.1) is 12.7 Å². The van der Waals surface area contributed by atoms with Crippen molar-refractivity contribution in [1.82, 2.24) is 9.78 Å². The number of aromatic nitrogens is 2. The van der Waals surface area contributed by atoms with Crippen molar-refractivity contribution in [3.63, 3.8) is 0 Å². The van der Waals surface area contributed by atoms with E-state index in [0.717, 1.165) is 21.9 Å². The summed E-state index contributed by atoms with van der Waals surface area (Å²) in [7, 11) is 0. The summed E-state index contributed by atoms with van der Waals surface area (Å²) in [5.74, 6) is -1.04. The molecule has 1 aromatic heterocycles. The first kappa shape index (κ1) is 18.8. The van der Waals surface area contributed by atoms with Crippen LogP contribution in [0.5, 0.6) is 0 Å². The molecule has 0 aliphatic heterocycles. The molecule has 0 aliphatic carbocycles. The van der Waals surface area contributed by atoms with E-state index >= 15 is 0 Å². The normalized spacial score (nSPS) is 11.9. The minimum atomic E-state index is -0.869. The van der Waals surface area contributed by atoms with Gasteiger partial charge in [-0.05, 0) is 38.1 Å². The molecule has 27 heavy (non-hydrogen) atoms. The molecule has 0 saturated carbocycles. The summed E-state index contributed by atoms with van der Waals surface area (Å²) in [6, 6.07) is 13.7. The number of benzene rings is 2. The number of rotatable bonds is 4. The molecule has 0 saturated heterocycles. The first-order chi connectivity index (χ1) is 12.8. The number of hydrogen-bond donors (Lipinski definition) is 1. The lowest BCUT2D eigenvalue weighted by atomic mass is 10.1. The molecule has 0 bridgehead atoms. The second kappa shape index (κ2) is 7.72. The Morgan fingerprint density at radius 2 is 1.85 bits per heavy atom. The summed E-state index contributed by atoms with van der Waals surface area (Å²) in [6.07, 6.45) is 0. The quantitative estimate of drug-likeness (QED) is 0.731. The van der Waals surface area contributed by atoms with Crippen LogP contribution in [-0.4, -0.2) is 15.7 Å². The topological polar surface area (TPSA) is 64.0 Å². The summed E-state index contributed by atoms with van der Waals surface area (Å²) in [5.41, 5.74) is 2.47. The zero-order chi connectivity index (χ0) is 19.6. The molecule has 1 atom stereocenters. The van der Waals surface area contributed by atoms with Crippen molar-refractivity contribution in [2.24, 2.45) is 0 Å². The van der Waals surface area contributed by atoms with Crippen molar-refractivity contribution in [3.05, 3.63) is 81.4 Å². The molecule has 1 N–H and O–H groups in total. The summed E-state index contributed by atoms with van der Waals surface area (Å²) in [5, 5.41) is 6.84. The van der Waals surface area contributed by atoms with E-state index in [1.54, 1.807) is 13.0 Å². The number of anilines is 1. The Labute approximate surface area is 160 Å². The van der Waals surface area contributed by atoms with Crippen LogP contribution in [-0.2, 0) is 4.79 Å². The maximum Gasteiger partial charge on any atom is 0.267 e.